The number of nitrogens with one attached hydrogen (secondary N) is 1. The van der Waals surface area contributed by atoms with Gasteiger partial charge in [-0.2, -0.15) is 0 Å². The van der Waals surface area contributed by atoms with Gasteiger partial charge in [-0.05, 0) is 17.9 Å². The van der Waals surface area contributed by atoms with Crippen LogP contribution in [0.15, 0.2) is 30.3 Å². The summed E-state index contributed by atoms with van der Waals surface area (Å²) in [7, 11) is 0. The third-order valence-corrected chi connectivity index (χ3v) is 3.69. The molecule has 4 nitrogen and oxygen atoms in total. The minimum absolute atomic E-state index is 0.178. The standard InChI is InChI=1S/C15H19NO3/c17-13(10-9-11-5-4-6-11)16-14(15(18)19)12-7-2-1-3-8-12/h1-3,7-8,11,14H,4-6,9-10H2,(H,16,17)(H,18,19)/t14-/m0/s1. The van der Waals surface area contributed by atoms with E-state index in [0.717, 1.165) is 6.42 Å². The first-order valence-electron chi connectivity index (χ1n) is 6.74. The minimum atomic E-state index is -1.02. The first-order valence-corrected chi connectivity index (χ1v) is 6.74. The molecule has 1 saturated carbocycles. The second-order valence-corrected chi connectivity index (χ2v) is 5.09. The third-order valence-electron chi connectivity index (χ3n) is 3.69. The average molecular weight is 261 g/mol. The number of carbonyl (C=O) groups is 2. The molecule has 0 aliphatic heterocycles. The highest BCUT2D eigenvalue weighted by Crippen LogP contribution is 2.30. The molecule has 1 fully saturated rings. The highest BCUT2D eigenvalue weighted by Gasteiger charge is 2.23. The van der Waals surface area contributed by atoms with Crippen molar-refractivity contribution in [1.29, 1.82) is 0 Å². The third kappa shape index (κ3) is 3.81. The van der Waals surface area contributed by atoms with Crippen LogP contribution in [0.4, 0.5) is 0 Å². The van der Waals surface area contributed by atoms with Crippen LogP contribution >= 0.6 is 0 Å². The van der Waals surface area contributed by atoms with Crippen molar-refractivity contribution in [3.05, 3.63) is 35.9 Å². The number of benzene rings is 1. The topological polar surface area (TPSA) is 66.4 Å². The summed E-state index contributed by atoms with van der Waals surface area (Å²) in [6, 6.07) is 7.84. The molecule has 19 heavy (non-hydrogen) atoms. The SMILES string of the molecule is O=C(CCC1CCC1)N[C@H](C(=O)O)c1ccccc1. The Hall–Kier alpha value is -1.84. The van der Waals surface area contributed by atoms with E-state index in [-0.39, 0.29) is 5.91 Å². The van der Waals surface area contributed by atoms with Gasteiger partial charge in [0.15, 0.2) is 6.04 Å². The number of amides is 1. The molecule has 2 N–H and O–H groups in total. The van der Waals surface area contributed by atoms with Gasteiger partial charge in [-0.15, -0.1) is 0 Å². The van der Waals surface area contributed by atoms with Crippen LogP contribution < -0.4 is 5.32 Å². The molecule has 0 saturated heterocycles. The van der Waals surface area contributed by atoms with E-state index in [4.69, 9.17) is 0 Å². The second kappa shape index (κ2) is 6.36. The molecule has 1 aliphatic carbocycles. The number of rotatable bonds is 6. The fourth-order valence-electron chi connectivity index (χ4n) is 2.28. The zero-order valence-electron chi connectivity index (χ0n) is 10.8. The van der Waals surface area contributed by atoms with E-state index in [9.17, 15) is 14.7 Å². The summed E-state index contributed by atoms with van der Waals surface area (Å²) in [5.41, 5.74) is 0.604. The molecule has 0 heterocycles. The van der Waals surface area contributed by atoms with Gasteiger partial charge in [-0.3, -0.25) is 4.79 Å². The molecule has 1 aliphatic rings. The number of hydrogen-bond donors (Lipinski definition) is 2. The second-order valence-electron chi connectivity index (χ2n) is 5.09. The van der Waals surface area contributed by atoms with E-state index in [2.05, 4.69) is 5.32 Å². The summed E-state index contributed by atoms with van der Waals surface area (Å²) < 4.78 is 0. The van der Waals surface area contributed by atoms with Gasteiger partial charge in [-0.1, -0.05) is 49.6 Å². The number of carbonyl (C=O) groups excluding carboxylic acids is 1. The van der Waals surface area contributed by atoms with Gasteiger partial charge in [0.2, 0.25) is 5.91 Å². The van der Waals surface area contributed by atoms with Crippen LogP contribution in [0, 0.1) is 5.92 Å². The Morgan fingerprint density at radius 1 is 1.26 bits per heavy atom. The van der Waals surface area contributed by atoms with Gasteiger partial charge < -0.3 is 10.4 Å². The maximum atomic E-state index is 11.8. The summed E-state index contributed by atoms with van der Waals surface area (Å²) in [5.74, 6) is -0.544. The molecule has 0 spiro atoms. The highest BCUT2D eigenvalue weighted by atomic mass is 16.4. The lowest BCUT2D eigenvalue weighted by Crippen LogP contribution is -2.34. The van der Waals surface area contributed by atoms with Gasteiger partial charge >= 0.3 is 5.97 Å². The van der Waals surface area contributed by atoms with E-state index < -0.39 is 12.0 Å². The number of aliphatic carboxylic acids is 1. The Labute approximate surface area is 112 Å². The van der Waals surface area contributed by atoms with Crippen molar-refractivity contribution in [1.82, 2.24) is 5.32 Å². The quantitative estimate of drug-likeness (QED) is 0.826. The number of carboxylic acid groups (broad SMARTS) is 1. The number of hydrogen-bond acceptors (Lipinski definition) is 2. The average Bonchev–Trinajstić information content (AvgIpc) is 2.35. The van der Waals surface area contributed by atoms with Crippen LogP contribution in [0.1, 0.15) is 43.7 Å². The van der Waals surface area contributed by atoms with Crippen molar-refractivity contribution in [2.45, 2.75) is 38.1 Å². The number of carboxylic acids is 1. The van der Waals surface area contributed by atoms with Crippen molar-refractivity contribution >= 4 is 11.9 Å². The van der Waals surface area contributed by atoms with Crippen molar-refractivity contribution in [3.8, 4) is 0 Å². The fourth-order valence-corrected chi connectivity index (χ4v) is 2.28. The molecule has 1 aromatic carbocycles. The van der Waals surface area contributed by atoms with E-state index in [1.807, 2.05) is 6.07 Å². The van der Waals surface area contributed by atoms with Crippen LogP contribution in [0.2, 0.25) is 0 Å². The van der Waals surface area contributed by atoms with E-state index in [0.29, 0.717) is 17.9 Å². The van der Waals surface area contributed by atoms with Crippen LogP contribution in [-0.4, -0.2) is 17.0 Å². The zero-order valence-corrected chi connectivity index (χ0v) is 10.8. The Bertz CT molecular complexity index is 440. The Morgan fingerprint density at radius 3 is 2.47 bits per heavy atom. The maximum absolute atomic E-state index is 11.8. The van der Waals surface area contributed by atoms with Crippen molar-refractivity contribution in [2.24, 2.45) is 5.92 Å². The predicted molar refractivity (Wildman–Crippen MR) is 71.5 cm³/mol. The van der Waals surface area contributed by atoms with Crippen molar-refractivity contribution in [2.75, 3.05) is 0 Å². The summed E-state index contributed by atoms with van der Waals surface area (Å²) in [5, 5.41) is 11.8. The van der Waals surface area contributed by atoms with Gasteiger partial charge in [0, 0.05) is 6.42 Å². The van der Waals surface area contributed by atoms with Gasteiger partial charge in [0.05, 0.1) is 0 Å². The minimum Gasteiger partial charge on any atom is -0.479 e. The summed E-state index contributed by atoms with van der Waals surface area (Å²) in [6.07, 6.45) is 4.95. The Kier molecular flexibility index (Phi) is 4.55. The van der Waals surface area contributed by atoms with E-state index >= 15 is 0 Å². The van der Waals surface area contributed by atoms with Crippen molar-refractivity contribution < 1.29 is 14.7 Å². The maximum Gasteiger partial charge on any atom is 0.330 e. The van der Waals surface area contributed by atoms with Crippen LogP contribution in [0.5, 0.6) is 0 Å². The summed E-state index contributed by atoms with van der Waals surface area (Å²) in [4.78, 5) is 23.0. The molecule has 0 aromatic heterocycles. The largest absolute Gasteiger partial charge is 0.479 e. The molecule has 0 bridgehead atoms. The molecule has 0 radical (unpaired) electrons. The van der Waals surface area contributed by atoms with Crippen molar-refractivity contribution in [3.63, 3.8) is 0 Å². The molecule has 2 rings (SSSR count). The normalized spacial score (nSPS) is 16.4. The highest BCUT2D eigenvalue weighted by molar-refractivity contribution is 5.84. The van der Waals surface area contributed by atoms with Crippen LogP contribution in [0.3, 0.4) is 0 Å². The monoisotopic (exact) mass is 261 g/mol. The molecule has 1 amide bonds. The fraction of sp³-hybridized carbons (Fsp3) is 0.467. The molecule has 102 valence electrons. The first-order chi connectivity index (χ1) is 9.16. The summed E-state index contributed by atoms with van der Waals surface area (Å²) >= 11 is 0. The molecule has 4 heteroatoms. The lowest BCUT2D eigenvalue weighted by molar-refractivity contribution is -0.142. The van der Waals surface area contributed by atoms with Gasteiger partial charge in [0.25, 0.3) is 0 Å². The zero-order chi connectivity index (χ0) is 13.7. The Morgan fingerprint density at radius 2 is 1.95 bits per heavy atom. The van der Waals surface area contributed by atoms with E-state index in [1.165, 1.54) is 19.3 Å². The summed E-state index contributed by atoms with van der Waals surface area (Å²) in [6.45, 7) is 0. The molecule has 1 atom stereocenters. The molecular formula is C15H19NO3. The first kappa shape index (κ1) is 13.6. The molecule has 1 aromatic rings. The predicted octanol–water partition coefficient (Wildman–Crippen LogP) is 2.51. The lowest BCUT2D eigenvalue weighted by Gasteiger charge is -2.25. The lowest BCUT2D eigenvalue weighted by atomic mass is 9.82. The van der Waals surface area contributed by atoms with Gasteiger partial charge in [0.1, 0.15) is 0 Å². The Balaban J connectivity index is 1.89. The molecule has 0 unspecified atom stereocenters. The van der Waals surface area contributed by atoms with Gasteiger partial charge in [-0.25, -0.2) is 4.79 Å². The smallest absolute Gasteiger partial charge is 0.330 e. The van der Waals surface area contributed by atoms with Crippen LogP contribution in [-0.2, 0) is 9.59 Å². The van der Waals surface area contributed by atoms with Crippen LogP contribution in [0.25, 0.3) is 0 Å². The van der Waals surface area contributed by atoms with E-state index in [1.54, 1.807) is 24.3 Å². The molecular weight excluding hydrogens is 242 g/mol.